The number of rotatable bonds is 2. The summed E-state index contributed by atoms with van der Waals surface area (Å²) in [7, 11) is 1.28. The Balaban J connectivity index is 2.53. The molecule has 1 saturated heterocycles. The molecule has 1 unspecified atom stereocenters. The molecular weight excluding hydrogens is 176 g/mol. The van der Waals surface area contributed by atoms with E-state index in [9.17, 15) is 14.9 Å². The molecular formula is C7H12N2O4. The number of hydrogen-bond acceptors (Lipinski definition) is 4. The van der Waals surface area contributed by atoms with E-state index in [2.05, 4.69) is 4.74 Å². The van der Waals surface area contributed by atoms with E-state index in [1.165, 1.54) is 12.0 Å². The van der Waals surface area contributed by atoms with E-state index in [4.69, 9.17) is 0 Å². The number of nitrogens with zero attached hydrogens (tertiary/aromatic N) is 2. The van der Waals surface area contributed by atoms with E-state index < -0.39 is 11.0 Å². The van der Waals surface area contributed by atoms with Crippen LogP contribution in [0.2, 0.25) is 0 Å². The molecule has 13 heavy (non-hydrogen) atoms. The van der Waals surface area contributed by atoms with Crippen LogP contribution < -0.4 is 0 Å². The molecule has 0 spiro atoms. The van der Waals surface area contributed by atoms with Crippen LogP contribution in [0.25, 0.3) is 0 Å². The molecule has 0 aromatic carbocycles. The fraction of sp³-hybridized carbons (Fsp3) is 0.857. The van der Waals surface area contributed by atoms with Crippen molar-refractivity contribution in [3.63, 3.8) is 0 Å². The van der Waals surface area contributed by atoms with Crippen LogP contribution in [0.3, 0.4) is 0 Å². The van der Waals surface area contributed by atoms with Crippen LogP contribution >= 0.6 is 0 Å². The third-order valence-electron chi connectivity index (χ3n) is 2.15. The van der Waals surface area contributed by atoms with Crippen LogP contribution in [0.15, 0.2) is 0 Å². The SMILES string of the molecule is COC(=O)N1CCCC1C[N+](=O)[O-]. The molecule has 74 valence electrons. The van der Waals surface area contributed by atoms with Crippen molar-refractivity contribution in [2.45, 2.75) is 18.9 Å². The lowest BCUT2D eigenvalue weighted by atomic mass is 10.2. The molecule has 1 fully saturated rings. The van der Waals surface area contributed by atoms with Gasteiger partial charge < -0.3 is 4.74 Å². The number of hydrogen-bond donors (Lipinski definition) is 0. The second-order valence-corrected chi connectivity index (χ2v) is 2.97. The summed E-state index contributed by atoms with van der Waals surface area (Å²) in [4.78, 5) is 22.3. The summed E-state index contributed by atoms with van der Waals surface area (Å²) in [5.74, 6) is 0. The molecule has 1 heterocycles. The van der Waals surface area contributed by atoms with E-state index in [1.54, 1.807) is 0 Å². The van der Waals surface area contributed by atoms with E-state index in [0.717, 1.165) is 6.42 Å². The maximum atomic E-state index is 11.1. The zero-order valence-electron chi connectivity index (χ0n) is 7.43. The predicted octanol–water partition coefficient (Wildman–Crippen LogP) is 0.494. The van der Waals surface area contributed by atoms with Crippen molar-refractivity contribution in [1.29, 1.82) is 0 Å². The lowest BCUT2D eigenvalue weighted by molar-refractivity contribution is -0.485. The highest BCUT2D eigenvalue weighted by Gasteiger charge is 2.32. The molecule has 6 nitrogen and oxygen atoms in total. The van der Waals surface area contributed by atoms with Crippen molar-refractivity contribution < 1.29 is 14.5 Å². The maximum Gasteiger partial charge on any atom is 0.409 e. The first-order valence-electron chi connectivity index (χ1n) is 4.11. The summed E-state index contributed by atoms with van der Waals surface area (Å²) in [6.07, 6.45) is 1.04. The largest absolute Gasteiger partial charge is 0.453 e. The van der Waals surface area contributed by atoms with Crippen molar-refractivity contribution in [3.8, 4) is 0 Å². The Morgan fingerprint density at radius 3 is 3.00 bits per heavy atom. The van der Waals surface area contributed by atoms with Gasteiger partial charge >= 0.3 is 6.09 Å². The second-order valence-electron chi connectivity index (χ2n) is 2.97. The highest BCUT2D eigenvalue weighted by Crippen LogP contribution is 2.17. The average molecular weight is 188 g/mol. The Labute approximate surface area is 75.6 Å². The summed E-state index contributed by atoms with van der Waals surface area (Å²) >= 11 is 0. The number of ether oxygens (including phenoxy) is 1. The molecule has 0 aromatic heterocycles. The van der Waals surface area contributed by atoms with Gasteiger partial charge in [-0.1, -0.05) is 0 Å². The lowest BCUT2D eigenvalue weighted by Crippen LogP contribution is -2.39. The molecule has 0 N–H and O–H groups in total. The van der Waals surface area contributed by atoms with Crippen molar-refractivity contribution in [3.05, 3.63) is 10.1 Å². The monoisotopic (exact) mass is 188 g/mol. The molecule has 1 aliphatic rings. The number of carbonyl (C=O) groups is 1. The first-order valence-corrected chi connectivity index (χ1v) is 4.11. The number of likely N-dealkylation sites (tertiary alicyclic amines) is 1. The fourth-order valence-electron chi connectivity index (χ4n) is 1.56. The summed E-state index contributed by atoms with van der Waals surface area (Å²) < 4.78 is 4.51. The zero-order valence-corrected chi connectivity index (χ0v) is 7.43. The van der Waals surface area contributed by atoms with Gasteiger partial charge in [0.2, 0.25) is 6.54 Å². The summed E-state index contributed by atoms with van der Waals surface area (Å²) in [6, 6.07) is -0.289. The third-order valence-corrected chi connectivity index (χ3v) is 2.15. The van der Waals surface area contributed by atoms with Gasteiger partial charge in [0.15, 0.2) is 0 Å². The Morgan fingerprint density at radius 2 is 2.46 bits per heavy atom. The Bertz CT molecular complexity index is 219. The molecule has 1 atom stereocenters. The van der Waals surface area contributed by atoms with Crippen molar-refractivity contribution in [2.75, 3.05) is 20.2 Å². The second kappa shape index (κ2) is 4.06. The molecule has 0 bridgehead atoms. The van der Waals surface area contributed by atoms with Gasteiger partial charge in [-0.3, -0.25) is 15.0 Å². The van der Waals surface area contributed by atoms with Gasteiger partial charge in [-0.05, 0) is 12.8 Å². The van der Waals surface area contributed by atoms with E-state index in [1.807, 2.05) is 0 Å². The van der Waals surface area contributed by atoms with Gasteiger partial charge in [-0.25, -0.2) is 4.79 Å². The Hall–Kier alpha value is -1.33. The maximum absolute atomic E-state index is 11.1. The van der Waals surface area contributed by atoms with E-state index in [0.29, 0.717) is 13.0 Å². The Kier molecular flexibility index (Phi) is 3.05. The van der Waals surface area contributed by atoms with Gasteiger partial charge in [0.1, 0.15) is 0 Å². The minimum atomic E-state index is -0.468. The molecule has 6 heteroatoms. The minimum absolute atomic E-state index is 0.185. The number of methoxy groups -OCH3 is 1. The van der Waals surface area contributed by atoms with Gasteiger partial charge in [0.05, 0.1) is 13.2 Å². The molecule has 1 aliphatic heterocycles. The molecule has 0 aliphatic carbocycles. The highest BCUT2D eigenvalue weighted by molar-refractivity contribution is 5.68. The van der Waals surface area contributed by atoms with Crippen molar-refractivity contribution in [1.82, 2.24) is 4.90 Å². The molecule has 0 saturated carbocycles. The van der Waals surface area contributed by atoms with Crippen LogP contribution in [-0.4, -0.2) is 42.2 Å². The van der Waals surface area contributed by atoms with Gasteiger partial charge in [0, 0.05) is 11.5 Å². The number of carbonyl (C=O) groups excluding carboxylic acids is 1. The van der Waals surface area contributed by atoms with Gasteiger partial charge in [-0.15, -0.1) is 0 Å². The number of nitro groups is 1. The van der Waals surface area contributed by atoms with E-state index >= 15 is 0 Å². The first kappa shape index (κ1) is 9.76. The van der Waals surface area contributed by atoms with E-state index in [-0.39, 0.29) is 12.6 Å². The van der Waals surface area contributed by atoms with Crippen LogP contribution in [0, 0.1) is 10.1 Å². The van der Waals surface area contributed by atoms with Crippen molar-refractivity contribution in [2.24, 2.45) is 0 Å². The molecule has 1 rings (SSSR count). The Morgan fingerprint density at radius 1 is 1.77 bits per heavy atom. The van der Waals surface area contributed by atoms with Gasteiger partial charge in [0.25, 0.3) is 0 Å². The van der Waals surface area contributed by atoms with Crippen LogP contribution in [0.5, 0.6) is 0 Å². The normalized spacial score (nSPS) is 21.6. The van der Waals surface area contributed by atoms with Gasteiger partial charge in [-0.2, -0.15) is 0 Å². The minimum Gasteiger partial charge on any atom is -0.453 e. The first-order chi connectivity index (χ1) is 6.15. The molecule has 0 aromatic rings. The molecule has 1 amide bonds. The predicted molar refractivity (Wildman–Crippen MR) is 44.0 cm³/mol. The quantitative estimate of drug-likeness (QED) is 0.467. The smallest absolute Gasteiger partial charge is 0.409 e. The summed E-state index contributed by atoms with van der Waals surface area (Å²) in [5.41, 5.74) is 0. The van der Waals surface area contributed by atoms with Crippen molar-refractivity contribution >= 4 is 6.09 Å². The topological polar surface area (TPSA) is 72.7 Å². The highest BCUT2D eigenvalue weighted by atomic mass is 16.6. The van der Waals surface area contributed by atoms with Crippen LogP contribution in [-0.2, 0) is 4.74 Å². The lowest BCUT2D eigenvalue weighted by Gasteiger charge is -2.19. The van der Waals surface area contributed by atoms with Crippen LogP contribution in [0.1, 0.15) is 12.8 Å². The third kappa shape index (κ3) is 2.30. The summed E-state index contributed by atoms with van der Waals surface area (Å²) in [6.45, 7) is 0.375. The zero-order chi connectivity index (χ0) is 9.84. The fourth-order valence-corrected chi connectivity index (χ4v) is 1.56. The summed E-state index contributed by atoms with van der Waals surface area (Å²) in [5, 5.41) is 10.2. The number of amides is 1. The average Bonchev–Trinajstić information content (AvgIpc) is 2.50. The standard InChI is InChI=1S/C7H12N2O4/c1-13-7(10)8-4-2-3-6(8)5-9(11)12/h6H,2-5H2,1H3. The van der Waals surface area contributed by atoms with Crippen LogP contribution in [0.4, 0.5) is 4.79 Å². The molecule has 0 radical (unpaired) electrons.